The molecule has 1 amide bonds. The predicted octanol–water partition coefficient (Wildman–Crippen LogP) is 2.73. The molecule has 0 atom stereocenters. The van der Waals surface area contributed by atoms with E-state index in [1.165, 1.54) is 6.07 Å². The summed E-state index contributed by atoms with van der Waals surface area (Å²) in [6.45, 7) is 5.17. The molecule has 94 valence electrons. The molecular weight excluding hydrogens is 249 g/mol. The molecule has 0 radical (unpaired) electrons. The Morgan fingerprint density at radius 1 is 1.47 bits per heavy atom. The first-order valence-corrected chi connectivity index (χ1v) is 5.23. The Labute approximate surface area is 103 Å². The number of pyridine rings is 1. The number of hydrogen-bond acceptors (Lipinski definition) is 4. The number of amides is 1. The molecule has 7 heteroatoms. The van der Waals surface area contributed by atoms with Gasteiger partial charge in [-0.15, -0.1) is 0 Å². The third kappa shape index (κ3) is 4.86. The molecule has 0 aromatic carbocycles. The van der Waals surface area contributed by atoms with E-state index < -0.39 is 17.6 Å². The van der Waals surface area contributed by atoms with Crippen molar-refractivity contribution in [3.8, 4) is 0 Å². The molecule has 0 aliphatic carbocycles. The second-order valence-corrected chi connectivity index (χ2v) is 4.62. The molecule has 0 fully saturated rings. The van der Waals surface area contributed by atoms with E-state index in [0.29, 0.717) is 0 Å². The number of nitrogens with one attached hydrogen (secondary N) is 2. The molecule has 1 aromatic heterocycles. The van der Waals surface area contributed by atoms with Gasteiger partial charge in [-0.05, 0) is 32.9 Å². The summed E-state index contributed by atoms with van der Waals surface area (Å²) in [5.41, 5.74) is 3.95. The molecule has 0 aliphatic heterocycles. The van der Waals surface area contributed by atoms with Crippen molar-refractivity contribution in [3.05, 3.63) is 23.1 Å². The van der Waals surface area contributed by atoms with E-state index >= 15 is 0 Å². The van der Waals surface area contributed by atoms with Crippen LogP contribution < -0.4 is 10.9 Å². The van der Waals surface area contributed by atoms with E-state index in [9.17, 15) is 9.18 Å². The van der Waals surface area contributed by atoms with Crippen molar-refractivity contribution < 1.29 is 13.9 Å². The number of anilines is 1. The first-order valence-electron chi connectivity index (χ1n) is 4.85. The summed E-state index contributed by atoms with van der Waals surface area (Å²) in [6, 6.07) is 2.43. The van der Waals surface area contributed by atoms with Crippen LogP contribution in [0.2, 0.25) is 5.02 Å². The lowest BCUT2D eigenvalue weighted by atomic mass is 10.2. The number of nitrogens with zero attached hydrogens (tertiary/aromatic N) is 1. The molecule has 1 aromatic rings. The van der Waals surface area contributed by atoms with Gasteiger partial charge in [-0.25, -0.2) is 10.2 Å². The Balaban J connectivity index is 2.56. The highest BCUT2D eigenvalue weighted by Gasteiger charge is 2.16. The Kier molecular flexibility index (Phi) is 4.11. The molecule has 0 bridgehead atoms. The molecule has 0 aliphatic rings. The van der Waals surface area contributed by atoms with Crippen LogP contribution in [0.3, 0.4) is 0 Å². The van der Waals surface area contributed by atoms with Gasteiger partial charge in [0.1, 0.15) is 5.60 Å². The summed E-state index contributed by atoms with van der Waals surface area (Å²) >= 11 is 5.73. The van der Waals surface area contributed by atoms with E-state index in [-0.39, 0.29) is 10.8 Å². The van der Waals surface area contributed by atoms with Crippen LogP contribution in [0.1, 0.15) is 20.8 Å². The number of halogens is 2. The lowest BCUT2D eigenvalue weighted by molar-refractivity contribution is 0.0541. The lowest BCUT2D eigenvalue weighted by Crippen LogP contribution is -2.36. The molecule has 1 rings (SSSR count). The summed E-state index contributed by atoms with van der Waals surface area (Å²) in [7, 11) is 0. The fourth-order valence-corrected chi connectivity index (χ4v) is 1.07. The second kappa shape index (κ2) is 5.18. The van der Waals surface area contributed by atoms with Crippen LogP contribution in [-0.2, 0) is 4.74 Å². The van der Waals surface area contributed by atoms with Gasteiger partial charge in [-0.3, -0.25) is 5.43 Å². The first-order chi connectivity index (χ1) is 7.78. The Bertz CT molecular complexity index is 421. The van der Waals surface area contributed by atoms with Gasteiger partial charge in [0.25, 0.3) is 0 Å². The maximum absolute atomic E-state index is 12.8. The maximum Gasteiger partial charge on any atom is 0.426 e. The van der Waals surface area contributed by atoms with Gasteiger partial charge in [0.05, 0.1) is 5.02 Å². The van der Waals surface area contributed by atoms with E-state index in [2.05, 4.69) is 15.8 Å². The van der Waals surface area contributed by atoms with Gasteiger partial charge in [0.15, 0.2) is 5.82 Å². The van der Waals surface area contributed by atoms with Crippen molar-refractivity contribution >= 4 is 23.5 Å². The lowest BCUT2D eigenvalue weighted by Gasteiger charge is -2.20. The topological polar surface area (TPSA) is 63.2 Å². The first kappa shape index (κ1) is 13.5. The fourth-order valence-electron chi connectivity index (χ4n) is 0.920. The quantitative estimate of drug-likeness (QED) is 0.635. The fraction of sp³-hybridized carbons (Fsp3) is 0.400. The van der Waals surface area contributed by atoms with Crippen LogP contribution in [0.25, 0.3) is 0 Å². The number of carbonyl (C=O) groups excluding carboxylic acids is 1. The highest BCUT2D eigenvalue weighted by atomic mass is 35.5. The number of rotatable bonds is 2. The maximum atomic E-state index is 12.8. The minimum absolute atomic E-state index is 0.0116. The Hall–Kier alpha value is -1.56. The minimum atomic E-state index is -0.709. The molecule has 0 spiro atoms. The van der Waals surface area contributed by atoms with Gasteiger partial charge >= 0.3 is 6.09 Å². The van der Waals surface area contributed by atoms with Crippen LogP contribution in [0.15, 0.2) is 12.1 Å². The minimum Gasteiger partial charge on any atom is -0.443 e. The van der Waals surface area contributed by atoms with Crippen LogP contribution >= 0.6 is 11.6 Å². The van der Waals surface area contributed by atoms with E-state index in [4.69, 9.17) is 16.3 Å². The SMILES string of the molecule is CC(C)(C)OC(=O)NNc1nc(F)ccc1Cl. The zero-order chi connectivity index (χ0) is 13.1. The number of hydrogen-bond donors (Lipinski definition) is 2. The number of hydrazine groups is 1. The van der Waals surface area contributed by atoms with Gasteiger partial charge in [0.2, 0.25) is 5.95 Å². The van der Waals surface area contributed by atoms with Gasteiger partial charge < -0.3 is 4.74 Å². The van der Waals surface area contributed by atoms with Crippen molar-refractivity contribution in [1.82, 2.24) is 10.4 Å². The van der Waals surface area contributed by atoms with Gasteiger partial charge in [-0.2, -0.15) is 9.37 Å². The van der Waals surface area contributed by atoms with Crippen molar-refractivity contribution in [1.29, 1.82) is 0 Å². The molecular formula is C10H13ClFN3O2. The van der Waals surface area contributed by atoms with Crippen molar-refractivity contribution in [2.45, 2.75) is 26.4 Å². The van der Waals surface area contributed by atoms with Crippen molar-refractivity contribution in [3.63, 3.8) is 0 Å². The molecule has 17 heavy (non-hydrogen) atoms. The van der Waals surface area contributed by atoms with Crippen molar-refractivity contribution in [2.75, 3.05) is 5.43 Å². The molecule has 2 N–H and O–H groups in total. The van der Waals surface area contributed by atoms with E-state index in [0.717, 1.165) is 6.07 Å². The molecule has 0 unspecified atom stereocenters. The number of aromatic nitrogens is 1. The zero-order valence-electron chi connectivity index (χ0n) is 9.67. The smallest absolute Gasteiger partial charge is 0.426 e. The third-order valence-corrected chi connectivity index (χ3v) is 1.80. The largest absolute Gasteiger partial charge is 0.443 e. The summed E-state index contributed by atoms with van der Waals surface area (Å²) in [4.78, 5) is 14.7. The van der Waals surface area contributed by atoms with Gasteiger partial charge in [0, 0.05) is 0 Å². The van der Waals surface area contributed by atoms with Crippen LogP contribution in [0.5, 0.6) is 0 Å². The summed E-state index contributed by atoms with van der Waals surface area (Å²) in [5.74, 6) is -0.694. The van der Waals surface area contributed by atoms with E-state index in [1.54, 1.807) is 20.8 Å². The second-order valence-electron chi connectivity index (χ2n) is 4.22. The molecule has 0 saturated carbocycles. The average Bonchev–Trinajstić information content (AvgIpc) is 2.17. The predicted molar refractivity (Wildman–Crippen MR) is 62.2 cm³/mol. The van der Waals surface area contributed by atoms with Crippen LogP contribution in [-0.4, -0.2) is 16.7 Å². The summed E-state index contributed by atoms with van der Waals surface area (Å²) in [6.07, 6.45) is -0.709. The Morgan fingerprint density at radius 3 is 2.71 bits per heavy atom. The highest BCUT2D eigenvalue weighted by molar-refractivity contribution is 6.32. The Morgan fingerprint density at radius 2 is 2.12 bits per heavy atom. The monoisotopic (exact) mass is 261 g/mol. The zero-order valence-corrected chi connectivity index (χ0v) is 10.4. The summed E-state index contributed by atoms with van der Waals surface area (Å²) in [5, 5.41) is 0.183. The van der Waals surface area contributed by atoms with Gasteiger partial charge in [-0.1, -0.05) is 11.6 Å². The average molecular weight is 262 g/mol. The molecule has 0 saturated heterocycles. The van der Waals surface area contributed by atoms with Crippen LogP contribution in [0.4, 0.5) is 15.0 Å². The molecule has 1 heterocycles. The van der Waals surface area contributed by atoms with Crippen molar-refractivity contribution in [2.24, 2.45) is 0 Å². The normalized spacial score (nSPS) is 10.9. The summed E-state index contributed by atoms with van der Waals surface area (Å²) < 4.78 is 17.7. The van der Waals surface area contributed by atoms with Crippen LogP contribution in [0, 0.1) is 5.95 Å². The highest BCUT2D eigenvalue weighted by Crippen LogP contribution is 2.18. The third-order valence-electron chi connectivity index (χ3n) is 1.49. The number of ether oxygens (including phenoxy) is 1. The standard InChI is InChI=1S/C10H13ClFN3O2/c1-10(2,3)17-9(16)15-14-8-6(11)4-5-7(12)13-8/h4-5H,1-3H3,(H,13,14)(H,15,16). The molecule has 5 nitrogen and oxygen atoms in total. The number of carbonyl (C=O) groups is 1. The van der Waals surface area contributed by atoms with E-state index in [1.807, 2.05) is 0 Å².